The lowest BCUT2D eigenvalue weighted by Gasteiger charge is -2.16. The van der Waals surface area contributed by atoms with Crippen LogP contribution in [-0.2, 0) is 17.6 Å². The van der Waals surface area contributed by atoms with Gasteiger partial charge in [-0.05, 0) is 25.7 Å². The molecule has 1 aromatic rings. The maximum absolute atomic E-state index is 5.20. The zero-order valence-electron chi connectivity index (χ0n) is 11.6. The first-order chi connectivity index (χ1) is 8.76. The van der Waals surface area contributed by atoms with E-state index in [1.165, 1.54) is 30.5 Å². The van der Waals surface area contributed by atoms with Gasteiger partial charge in [-0.15, -0.1) is 0 Å². The molecule has 1 N–H and O–H groups in total. The highest BCUT2D eigenvalue weighted by Crippen LogP contribution is 2.26. The first-order valence-electron chi connectivity index (χ1n) is 6.82. The van der Waals surface area contributed by atoms with E-state index in [1.54, 1.807) is 7.11 Å². The smallest absolute Gasteiger partial charge is 0.136 e. The molecular weight excluding hydrogens is 226 g/mol. The Hall–Kier alpha value is -1.16. The number of rotatable bonds is 4. The highest BCUT2D eigenvalue weighted by molar-refractivity contribution is 5.47. The topological polar surface area (TPSA) is 47.0 Å². The highest BCUT2D eigenvalue weighted by atomic mass is 16.5. The van der Waals surface area contributed by atoms with Gasteiger partial charge in [0.25, 0.3) is 0 Å². The van der Waals surface area contributed by atoms with Gasteiger partial charge >= 0.3 is 0 Å². The molecule has 18 heavy (non-hydrogen) atoms. The number of nitrogens with one attached hydrogen (secondary N) is 1. The Balaban J connectivity index is 2.36. The summed E-state index contributed by atoms with van der Waals surface area (Å²) in [6, 6.07) is 0. The van der Waals surface area contributed by atoms with Crippen LogP contribution in [0.4, 0.5) is 5.82 Å². The van der Waals surface area contributed by atoms with E-state index in [0.29, 0.717) is 6.61 Å². The Morgan fingerprint density at radius 3 is 2.72 bits per heavy atom. The van der Waals surface area contributed by atoms with Crippen molar-refractivity contribution in [2.45, 2.75) is 44.9 Å². The maximum atomic E-state index is 5.20. The van der Waals surface area contributed by atoms with E-state index in [1.807, 2.05) is 7.05 Å². The van der Waals surface area contributed by atoms with Gasteiger partial charge in [0.05, 0.1) is 6.61 Å². The van der Waals surface area contributed by atoms with Gasteiger partial charge in [-0.1, -0.05) is 13.3 Å². The molecule has 0 amide bonds. The molecule has 1 aliphatic rings. The Bertz CT molecular complexity index is 406. The van der Waals surface area contributed by atoms with Gasteiger partial charge in [-0.25, -0.2) is 9.97 Å². The van der Waals surface area contributed by atoms with E-state index in [0.717, 1.165) is 24.5 Å². The van der Waals surface area contributed by atoms with Gasteiger partial charge in [-0.3, -0.25) is 0 Å². The Labute approximate surface area is 109 Å². The van der Waals surface area contributed by atoms with E-state index < -0.39 is 0 Å². The predicted molar refractivity (Wildman–Crippen MR) is 73.1 cm³/mol. The van der Waals surface area contributed by atoms with Crippen LogP contribution in [0, 0.1) is 0 Å². The van der Waals surface area contributed by atoms with Crippen LogP contribution >= 0.6 is 0 Å². The van der Waals surface area contributed by atoms with Crippen molar-refractivity contribution in [2.75, 3.05) is 26.1 Å². The first-order valence-corrected chi connectivity index (χ1v) is 6.82. The molecule has 0 bridgehead atoms. The highest BCUT2D eigenvalue weighted by Gasteiger charge is 2.18. The molecule has 0 fully saturated rings. The standard InChI is InChI=1S/C14H23N3O/c1-10(9-18-3)13-16-12-8-6-4-5-7-11(12)14(15-2)17-13/h10H,4-9H2,1-3H3,(H,15,16,17). The van der Waals surface area contributed by atoms with Crippen molar-refractivity contribution in [2.24, 2.45) is 0 Å². The van der Waals surface area contributed by atoms with E-state index in [-0.39, 0.29) is 5.92 Å². The lowest BCUT2D eigenvalue weighted by Crippen LogP contribution is -2.13. The molecule has 2 rings (SSSR count). The van der Waals surface area contributed by atoms with Gasteiger partial charge in [0, 0.05) is 31.3 Å². The molecule has 1 atom stereocenters. The number of hydrogen-bond donors (Lipinski definition) is 1. The van der Waals surface area contributed by atoms with Gasteiger partial charge in [0.1, 0.15) is 11.6 Å². The zero-order valence-corrected chi connectivity index (χ0v) is 11.6. The number of fused-ring (bicyclic) bond motifs is 1. The summed E-state index contributed by atoms with van der Waals surface area (Å²) in [6.07, 6.45) is 5.97. The molecule has 4 heteroatoms. The van der Waals surface area contributed by atoms with Crippen molar-refractivity contribution in [3.63, 3.8) is 0 Å². The lowest BCUT2D eigenvalue weighted by molar-refractivity contribution is 0.181. The van der Waals surface area contributed by atoms with Gasteiger partial charge in [0.15, 0.2) is 0 Å². The molecule has 0 aromatic carbocycles. The van der Waals surface area contributed by atoms with Crippen LogP contribution in [0.5, 0.6) is 0 Å². The monoisotopic (exact) mass is 249 g/mol. The second-order valence-electron chi connectivity index (χ2n) is 5.02. The van der Waals surface area contributed by atoms with E-state index in [9.17, 15) is 0 Å². The third-order valence-electron chi connectivity index (χ3n) is 3.54. The van der Waals surface area contributed by atoms with Crippen LogP contribution in [-0.4, -0.2) is 30.7 Å². The average molecular weight is 249 g/mol. The zero-order chi connectivity index (χ0) is 13.0. The minimum Gasteiger partial charge on any atom is -0.384 e. The number of aromatic nitrogens is 2. The molecule has 0 saturated heterocycles. The van der Waals surface area contributed by atoms with E-state index in [4.69, 9.17) is 9.72 Å². The molecule has 1 aromatic heterocycles. The number of ether oxygens (including phenoxy) is 1. The second-order valence-corrected chi connectivity index (χ2v) is 5.02. The molecule has 1 heterocycles. The number of hydrogen-bond acceptors (Lipinski definition) is 4. The molecule has 1 aliphatic carbocycles. The fourth-order valence-electron chi connectivity index (χ4n) is 2.54. The Morgan fingerprint density at radius 1 is 1.22 bits per heavy atom. The number of anilines is 1. The summed E-state index contributed by atoms with van der Waals surface area (Å²) in [5, 5.41) is 3.23. The molecular formula is C14H23N3O. The predicted octanol–water partition coefficient (Wildman–Crippen LogP) is 2.54. The Morgan fingerprint density at radius 2 is 2.00 bits per heavy atom. The number of nitrogens with zero attached hydrogens (tertiary/aromatic N) is 2. The average Bonchev–Trinajstić information content (AvgIpc) is 2.62. The number of aryl methyl sites for hydroxylation is 1. The van der Waals surface area contributed by atoms with Crippen molar-refractivity contribution in [3.05, 3.63) is 17.1 Å². The normalized spacial score (nSPS) is 16.8. The van der Waals surface area contributed by atoms with Crippen molar-refractivity contribution >= 4 is 5.82 Å². The third kappa shape index (κ3) is 2.80. The van der Waals surface area contributed by atoms with Crippen LogP contribution in [0.2, 0.25) is 0 Å². The number of methoxy groups -OCH3 is 1. The molecule has 0 radical (unpaired) electrons. The van der Waals surface area contributed by atoms with Crippen LogP contribution in [0.25, 0.3) is 0 Å². The summed E-state index contributed by atoms with van der Waals surface area (Å²) in [5.74, 6) is 2.16. The summed E-state index contributed by atoms with van der Waals surface area (Å²) >= 11 is 0. The minimum atomic E-state index is 0.246. The van der Waals surface area contributed by atoms with Crippen LogP contribution in [0.1, 0.15) is 49.2 Å². The van der Waals surface area contributed by atoms with E-state index >= 15 is 0 Å². The molecule has 0 aliphatic heterocycles. The molecule has 100 valence electrons. The summed E-state index contributed by atoms with van der Waals surface area (Å²) in [4.78, 5) is 9.43. The molecule has 0 saturated carbocycles. The van der Waals surface area contributed by atoms with Crippen LogP contribution < -0.4 is 5.32 Å². The molecule has 0 spiro atoms. The van der Waals surface area contributed by atoms with Crippen molar-refractivity contribution in [1.29, 1.82) is 0 Å². The molecule has 1 unspecified atom stereocenters. The largest absolute Gasteiger partial charge is 0.384 e. The van der Waals surface area contributed by atoms with Crippen molar-refractivity contribution < 1.29 is 4.74 Å². The van der Waals surface area contributed by atoms with Crippen molar-refractivity contribution in [3.8, 4) is 0 Å². The lowest BCUT2D eigenvalue weighted by atomic mass is 10.1. The second kappa shape index (κ2) is 6.14. The quantitative estimate of drug-likeness (QED) is 0.833. The summed E-state index contributed by atoms with van der Waals surface area (Å²) in [7, 11) is 3.66. The molecule has 4 nitrogen and oxygen atoms in total. The van der Waals surface area contributed by atoms with Gasteiger partial charge in [0.2, 0.25) is 0 Å². The van der Waals surface area contributed by atoms with Gasteiger partial charge < -0.3 is 10.1 Å². The van der Waals surface area contributed by atoms with Crippen LogP contribution in [0.3, 0.4) is 0 Å². The summed E-state index contributed by atoms with van der Waals surface area (Å²) in [6.45, 7) is 2.78. The minimum absolute atomic E-state index is 0.246. The Kier molecular flexibility index (Phi) is 4.53. The van der Waals surface area contributed by atoms with E-state index in [2.05, 4.69) is 17.2 Å². The van der Waals surface area contributed by atoms with Crippen LogP contribution in [0.15, 0.2) is 0 Å². The first kappa shape index (κ1) is 13.3. The summed E-state index contributed by atoms with van der Waals surface area (Å²) in [5.41, 5.74) is 2.56. The SMILES string of the molecule is CNc1nc(C(C)COC)nc2c1CCCCC2. The third-order valence-corrected chi connectivity index (χ3v) is 3.54. The fraction of sp³-hybridized carbons (Fsp3) is 0.714. The van der Waals surface area contributed by atoms with Gasteiger partial charge in [-0.2, -0.15) is 0 Å². The van der Waals surface area contributed by atoms with Crippen molar-refractivity contribution in [1.82, 2.24) is 9.97 Å². The fourth-order valence-corrected chi connectivity index (χ4v) is 2.54. The summed E-state index contributed by atoms with van der Waals surface area (Å²) < 4.78 is 5.20. The maximum Gasteiger partial charge on any atom is 0.136 e.